The lowest BCUT2D eigenvalue weighted by atomic mass is 10.2. The predicted molar refractivity (Wildman–Crippen MR) is 104 cm³/mol. The van der Waals surface area contributed by atoms with Gasteiger partial charge in [0.05, 0.1) is 10.4 Å². The smallest absolute Gasteiger partial charge is 0.252 e. The second-order valence-corrected chi connectivity index (χ2v) is 6.86. The number of nitrogens with one attached hydrogen (secondary N) is 2. The zero-order valence-corrected chi connectivity index (χ0v) is 15.4. The molecule has 0 saturated carbocycles. The van der Waals surface area contributed by atoms with Gasteiger partial charge in [0.25, 0.3) is 5.91 Å². The quantitative estimate of drug-likeness (QED) is 0.618. The van der Waals surface area contributed by atoms with Crippen LogP contribution in [0.1, 0.15) is 21.6 Å². The first-order valence-corrected chi connectivity index (χ1v) is 8.98. The van der Waals surface area contributed by atoms with Crippen molar-refractivity contribution in [3.05, 3.63) is 53.6 Å². The molecular formula is C18H20N6OS. The fourth-order valence-corrected chi connectivity index (χ4v) is 3.27. The van der Waals surface area contributed by atoms with Crippen LogP contribution in [0.5, 0.6) is 0 Å². The summed E-state index contributed by atoms with van der Waals surface area (Å²) in [5.41, 5.74) is 8.83. The molecule has 0 aromatic carbocycles. The van der Waals surface area contributed by atoms with Crippen molar-refractivity contribution in [1.82, 2.24) is 20.3 Å². The summed E-state index contributed by atoms with van der Waals surface area (Å²) in [6, 6.07) is 5.79. The average molecular weight is 368 g/mol. The highest BCUT2D eigenvalue weighted by atomic mass is 32.1. The van der Waals surface area contributed by atoms with Crippen molar-refractivity contribution in [1.29, 1.82) is 0 Å². The topological polar surface area (TPSA) is 106 Å². The third-order valence-electron chi connectivity index (χ3n) is 3.55. The highest BCUT2D eigenvalue weighted by Gasteiger charge is 2.10. The first kappa shape index (κ1) is 18.0. The van der Waals surface area contributed by atoms with E-state index in [0.717, 1.165) is 32.6 Å². The SMILES string of the molecule is Cc1cc(C)nc(Nc2ncc(-c3cncc(C(=O)NCCN)c3)s2)c1. The van der Waals surface area contributed by atoms with Gasteiger partial charge in [0.15, 0.2) is 5.13 Å². The highest BCUT2D eigenvalue weighted by molar-refractivity contribution is 7.18. The second-order valence-electron chi connectivity index (χ2n) is 5.83. The van der Waals surface area contributed by atoms with E-state index in [0.29, 0.717) is 18.7 Å². The van der Waals surface area contributed by atoms with Gasteiger partial charge < -0.3 is 16.4 Å². The van der Waals surface area contributed by atoms with E-state index in [1.54, 1.807) is 18.5 Å². The van der Waals surface area contributed by atoms with Crippen LogP contribution in [0, 0.1) is 13.8 Å². The number of aryl methyl sites for hydroxylation is 2. The van der Waals surface area contributed by atoms with Crippen LogP contribution in [0.2, 0.25) is 0 Å². The number of thiazole rings is 1. The molecule has 3 aromatic heterocycles. The maximum Gasteiger partial charge on any atom is 0.252 e. The van der Waals surface area contributed by atoms with Crippen molar-refractivity contribution in [3.63, 3.8) is 0 Å². The summed E-state index contributed by atoms with van der Waals surface area (Å²) in [5, 5.41) is 6.69. The molecule has 134 valence electrons. The van der Waals surface area contributed by atoms with Crippen LogP contribution in [0.3, 0.4) is 0 Å². The molecule has 0 spiro atoms. The molecule has 3 rings (SSSR count). The van der Waals surface area contributed by atoms with Gasteiger partial charge in [0, 0.05) is 42.9 Å². The number of nitrogens with zero attached hydrogens (tertiary/aromatic N) is 3. The van der Waals surface area contributed by atoms with Crippen LogP contribution in [0.4, 0.5) is 10.9 Å². The molecule has 4 N–H and O–H groups in total. The summed E-state index contributed by atoms with van der Waals surface area (Å²) in [4.78, 5) is 26.0. The number of rotatable bonds is 6. The molecule has 0 atom stereocenters. The molecule has 3 heterocycles. The van der Waals surface area contributed by atoms with Gasteiger partial charge in [-0.15, -0.1) is 0 Å². The van der Waals surface area contributed by atoms with Gasteiger partial charge in [0.2, 0.25) is 0 Å². The van der Waals surface area contributed by atoms with Crippen LogP contribution in [0.25, 0.3) is 10.4 Å². The number of carbonyl (C=O) groups excluding carboxylic acids is 1. The highest BCUT2D eigenvalue weighted by Crippen LogP contribution is 2.30. The van der Waals surface area contributed by atoms with Crippen molar-refractivity contribution in [2.24, 2.45) is 5.73 Å². The molecule has 7 nitrogen and oxygen atoms in total. The van der Waals surface area contributed by atoms with Crippen LogP contribution in [-0.2, 0) is 0 Å². The lowest BCUT2D eigenvalue weighted by molar-refractivity contribution is 0.0954. The van der Waals surface area contributed by atoms with Crippen LogP contribution in [0.15, 0.2) is 36.8 Å². The number of hydrogen-bond acceptors (Lipinski definition) is 7. The first-order valence-electron chi connectivity index (χ1n) is 8.17. The van der Waals surface area contributed by atoms with E-state index in [1.807, 2.05) is 26.0 Å². The largest absolute Gasteiger partial charge is 0.351 e. The summed E-state index contributed by atoms with van der Waals surface area (Å²) in [7, 11) is 0. The second kappa shape index (κ2) is 8.03. The third kappa shape index (κ3) is 4.41. The van der Waals surface area contributed by atoms with Crippen LogP contribution >= 0.6 is 11.3 Å². The third-order valence-corrected chi connectivity index (χ3v) is 4.52. The Morgan fingerprint density at radius 1 is 1.19 bits per heavy atom. The van der Waals surface area contributed by atoms with Gasteiger partial charge in [-0.25, -0.2) is 9.97 Å². The molecule has 26 heavy (non-hydrogen) atoms. The first-order chi connectivity index (χ1) is 12.5. The number of hydrogen-bond donors (Lipinski definition) is 3. The van der Waals surface area contributed by atoms with E-state index >= 15 is 0 Å². The monoisotopic (exact) mass is 368 g/mol. The Morgan fingerprint density at radius 2 is 2.04 bits per heavy atom. The van der Waals surface area contributed by atoms with E-state index < -0.39 is 0 Å². The van der Waals surface area contributed by atoms with Crippen LogP contribution < -0.4 is 16.4 Å². The van der Waals surface area contributed by atoms with E-state index in [4.69, 9.17) is 5.73 Å². The Bertz CT molecular complexity index is 903. The normalized spacial score (nSPS) is 10.6. The van der Waals surface area contributed by atoms with E-state index in [2.05, 4.69) is 25.6 Å². The summed E-state index contributed by atoms with van der Waals surface area (Å²) in [6.07, 6.45) is 5.01. The van der Waals surface area contributed by atoms with Gasteiger partial charge in [-0.1, -0.05) is 11.3 Å². The maximum atomic E-state index is 12.1. The minimum atomic E-state index is -0.188. The fraction of sp³-hybridized carbons (Fsp3) is 0.222. The van der Waals surface area contributed by atoms with Crippen molar-refractivity contribution >= 4 is 28.2 Å². The number of amides is 1. The lowest BCUT2D eigenvalue weighted by Crippen LogP contribution is -2.29. The molecule has 0 saturated heterocycles. The van der Waals surface area contributed by atoms with E-state index in [-0.39, 0.29) is 5.91 Å². The Balaban J connectivity index is 1.78. The molecule has 0 unspecified atom stereocenters. The lowest BCUT2D eigenvalue weighted by Gasteiger charge is -2.05. The minimum Gasteiger partial charge on any atom is -0.351 e. The molecular weight excluding hydrogens is 348 g/mol. The fourth-order valence-electron chi connectivity index (χ4n) is 2.47. The average Bonchev–Trinajstić information content (AvgIpc) is 3.07. The van der Waals surface area contributed by atoms with Gasteiger partial charge in [-0.3, -0.25) is 9.78 Å². The summed E-state index contributed by atoms with van der Waals surface area (Å²) in [5.74, 6) is 0.573. The molecule has 0 aliphatic rings. The van der Waals surface area contributed by atoms with Crippen LogP contribution in [-0.4, -0.2) is 33.9 Å². The number of pyridine rings is 2. The molecule has 0 radical (unpaired) electrons. The standard InChI is InChI=1S/C18H20N6OS/c1-11-5-12(2)23-16(6-11)24-18-22-10-15(26-18)13-7-14(9-20-8-13)17(25)21-4-3-19/h5-10H,3-4,19H2,1-2H3,(H,21,25)(H,22,23,24). The van der Waals surface area contributed by atoms with Crippen molar-refractivity contribution in [2.45, 2.75) is 13.8 Å². The van der Waals surface area contributed by atoms with Gasteiger partial charge in [0.1, 0.15) is 5.82 Å². The van der Waals surface area contributed by atoms with Crippen molar-refractivity contribution in [2.75, 3.05) is 18.4 Å². The number of anilines is 2. The molecule has 0 aliphatic carbocycles. The van der Waals surface area contributed by atoms with Gasteiger partial charge in [-0.05, 0) is 37.6 Å². The Morgan fingerprint density at radius 3 is 2.81 bits per heavy atom. The summed E-state index contributed by atoms with van der Waals surface area (Å²) in [6.45, 7) is 4.81. The van der Waals surface area contributed by atoms with Crippen molar-refractivity contribution < 1.29 is 4.79 Å². The zero-order chi connectivity index (χ0) is 18.5. The predicted octanol–water partition coefficient (Wildman–Crippen LogP) is 2.65. The Labute approximate surface area is 155 Å². The van der Waals surface area contributed by atoms with E-state index in [1.165, 1.54) is 17.5 Å². The molecule has 0 fully saturated rings. The van der Waals surface area contributed by atoms with E-state index in [9.17, 15) is 4.79 Å². The molecule has 0 aliphatic heterocycles. The Kier molecular flexibility index (Phi) is 5.55. The molecule has 1 amide bonds. The number of aromatic nitrogens is 3. The van der Waals surface area contributed by atoms with Crippen molar-refractivity contribution in [3.8, 4) is 10.4 Å². The summed E-state index contributed by atoms with van der Waals surface area (Å²) >= 11 is 1.48. The molecule has 0 bridgehead atoms. The number of nitrogens with two attached hydrogens (primary N) is 1. The van der Waals surface area contributed by atoms with Gasteiger partial charge in [-0.2, -0.15) is 0 Å². The molecule has 3 aromatic rings. The minimum absolute atomic E-state index is 0.188. The zero-order valence-electron chi connectivity index (χ0n) is 14.6. The maximum absolute atomic E-state index is 12.1. The van der Waals surface area contributed by atoms with Gasteiger partial charge >= 0.3 is 0 Å². The number of carbonyl (C=O) groups is 1. The summed E-state index contributed by atoms with van der Waals surface area (Å²) < 4.78 is 0. The Hall–Kier alpha value is -2.84. The molecule has 8 heteroatoms.